The largest absolute Gasteiger partial charge is 0.340 e. The van der Waals surface area contributed by atoms with Crippen LogP contribution in [-0.4, -0.2) is 135 Å². The summed E-state index contributed by atoms with van der Waals surface area (Å²) in [5.41, 5.74) is 0. The fraction of sp³-hybridized carbons (Fsp3) is 0.950. The Hall–Kier alpha value is -0.730. The Morgan fingerprint density at radius 1 is 0.630 bits per heavy atom. The summed E-state index contributed by atoms with van der Waals surface area (Å²) in [6.07, 6.45) is 0. The molecular weight excluding hydrogens is 340 g/mol. The average Bonchev–Trinajstić information content (AvgIpc) is 2.74. The number of hydrogen-bond donors (Lipinski definition) is 1. The number of nitrogens with zero attached hydrogens (tertiary/aromatic N) is 5. The molecule has 3 aliphatic heterocycles. The predicted octanol–water partition coefficient (Wildman–Crippen LogP) is -0.300. The number of hydrogen-bond acceptors (Lipinski definition) is 6. The molecule has 7 heteroatoms. The predicted molar refractivity (Wildman–Crippen MR) is 112 cm³/mol. The standard InChI is InChI=1S/C18H36N6O.C2H6/c1-18(25)24-16-14-23(15-17-24)13-12-22-10-8-21(9-11-22)7-6-20-4-2-19-3-5-20;1-2/h19H,2-17H2,1H3;1-2H3. The quantitative estimate of drug-likeness (QED) is 0.681. The van der Waals surface area contributed by atoms with Gasteiger partial charge in [0, 0.05) is 112 Å². The van der Waals surface area contributed by atoms with Crippen molar-refractivity contribution in [3.05, 3.63) is 0 Å². The highest BCUT2D eigenvalue weighted by molar-refractivity contribution is 5.73. The van der Waals surface area contributed by atoms with Gasteiger partial charge in [0.25, 0.3) is 0 Å². The number of carbonyl (C=O) groups is 1. The van der Waals surface area contributed by atoms with Crippen LogP contribution < -0.4 is 5.32 Å². The van der Waals surface area contributed by atoms with Gasteiger partial charge in [-0.25, -0.2) is 0 Å². The Balaban J connectivity index is 0.00000126. The topological polar surface area (TPSA) is 45.3 Å². The summed E-state index contributed by atoms with van der Waals surface area (Å²) in [5.74, 6) is 0.219. The minimum absolute atomic E-state index is 0.219. The SMILES string of the molecule is CC.CC(=O)N1CCN(CCN2CCN(CCN3CCNCC3)CC2)CC1. The maximum Gasteiger partial charge on any atom is 0.219 e. The van der Waals surface area contributed by atoms with E-state index in [0.717, 1.165) is 45.8 Å². The number of nitrogens with one attached hydrogen (secondary N) is 1. The number of amides is 1. The van der Waals surface area contributed by atoms with Crippen LogP contribution in [0.2, 0.25) is 0 Å². The average molecular weight is 383 g/mol. The summed E-state index contributed by atoms with van der Waals surface area (Å²) in [5, 5.41) is 3.42. The van der Waals surface area contributed by atoms with Gasteiger partial charge in [-0.1, -0.05) is 13.8 Å². The van der Waals surface area contributed by atoms with E-state index in [1.165, 1.54) is 58.9 Å². The first kappa shape index (κ1) is 22.6. The lowest BCUT2D eigenvalue weighted by Crippen LogP contribution is -2.53. The lowest BCUT2D eigenvalue weighted by Gasteiger charge is -2.38. The summed E-state index contributed by atoms with van der Waals surface area (Å²) in [7, 11) is 0. The molecule has 3 rings (SSSR count). The monoisotopic (exact) mass is 382 g/mol. The Morgan fingerprint density at radius 3 is 1.33 bits per heavy atom. The third-order valence-electron chi connectivity index (χ3n) is 5.96. The van der Waals surface area contributed by atoms with Gasteiger partial charge in [-0.15, -0.1) is 0 Å². The van der Waals surface area contributed by atoms with Crippen LogP contribution in [0, 0.1) is 0 Å². The first-order chi connectivity index (χ1) is 13.2. The molecule has 1 amide bonds. The van der Waals surface area contributed by atoms with E-state index in [0.29, 0.717) is 0 Å². The zero-order valence-electron chi connectivity index (χ0n) is 18.0. The molecule has 3 fully saturated rings. The lowest BCUT2D eigenvalue weighted by atomic mass is 10.2. The highest BCUT2D eigenvalue weighted by atomic mass is 16.2. The molecule has 0 bridgehead atoms. The van der Waals surface area contributed by atoms with Crippen molar-refractivity contribution >= 4 is 5.91 Å². The summed E-state index contributed by atoms with van der Waals surface area (Å²) < 4.78 is 0. The molecule has 7 nitrogen and oxygen atoms in total. The molecule has 0 aromatic heterocycles. The molecule has 0 radical (unpaired) electrons. The van der Waals surface area contributed by atoms with Crippen molar-refractivity contribution in [2.45, 2.75) is 20.8 Å². The van der Waals surface area contributed by atoms with E-state index in [1.54, 1.807) is 6.92 Å². The fourth-order valence-corrected chi connectivity index (χ4v) is 4.02. The molecule has 1 N–H and O–H groups in total. The zero-order chi connectivity index (χ0) is 19.5. The van der Waals surface area contributed by atoms with Crippen molar-refractivity contribution in [1.82, 2.24) is 29.8 Å². The molecule has 0 saturated carbocycles. The smallest absolute Gasteiger partial charge is 0.219 e. The lowest BCUT2D eigenvalue weighted by molar-refractivity contribution is -0.130. The van der Waals surface area contributed by atoms with E-state index >= 15 is 0 Å². The van der Waals surface area contributed by atoms with Crippen molar-refractivity contribution < 1.29 is 4.79 Å². The van der Waals surface area contributed by atoms with E-state index in [1.807, 2.05) is 18.7 Å². The van der Waals surface area contributed by atoms with Crippen molar-refractivity contribution in [2.24, 2.45) is 0 Å². The van der Waals surface area contributed by atoms with E-state index in [-0.39, 0.29) is 5.91 Å². The van der Waals surface area contributed by atoms with Gasteiger partial charge < -0.3 is 10.2 Å². The second-order valence-corrected chi connectivity index (χ2v) is 7.62. The normalized spacial score (nSPS) is 23.7. The molecule has 3 heterocycles. The molecule has 0 spiro atoms. The second kappa shape index (κ2) is 12.7. The molecule has 3 aliphatic rings. The van der Waals surface area contributed by atoms with Gasteiger partial charge >= 0.3 is 0 Å². The second-order valence-electron chi connectivity index (χ2n) is 7.62. The van der Waals surface area contributed by atoms with E-state index in [9.17, 15) is 4.79 Å². The van der Waals surface area contributed by atoms with Crippen LogP contribution in [0.25, 0.3) is 0 Å². The maximum absolute atomic E-state index is 11.4. The Kier molecular flexibility index (Phi) is 10.6. The van der Waals surface area contributed by atoms with Gasteiger partial charge in [0.15, 0.2) is 0 Å². The van der Waals surface area contributed by atoms with Crippen LogP contribution in [0.4, 0.5) is 0 Å². The first-order valence-electron chi connectivity index (χ1n) is 11.1. The van der Waals surface area contributed by atoms with Gasteiger partial charge in [-0.05, 0) is 0 Å². The van der Waals surface area contributed by atoms with Crippen molar-refractivity contribution in [1.29, 1.82) is 0 Å². The van der Waals surface area contributed by atoms with E-state index in [4.69, 9.17) is 0 Å². The Morgan fingerprint density at radius 2 is 0.963 bits per heavy atom. The van der Waals surface area contributed by atoms with Crippen molar-refractivity contribution in [2.75, 3.05) is 105 Å². The van der Waals surface area contributed by atoms with Gasteiger partial charge in [0.2, 0.25) is 5.91 Å². The van der Waals surface area contributed by atoms with Gasteiger partial charge in [-0.2, -0.15) is 0 Å². The Labute approximate surface area is 166 Å². The van der Waals surface area contributed by atoms with Crippen LogP contribution in [0.5, 0.6) is 0 Å². The molecular formula is C20H42N6O. The minimum Gasteiger partial charge on any atom is -0.340 e. The van der Waals surface area contributed by atoms with E-state index in [2.05, 4.69) is 24.9 Å². The molecule has 0 aromatic carbocycles. The fourth-order valence-electron chi connectivity index (χ4n) is 4.02. The highest BCUT2D eigenvalue weighted by Gasteiger charge is 2.21. The molecule has 0 aliphatic carbocycles. The van der Waals surface area contributed by atoms with Crippen molar-refractivity contribution in [3.8, 4) is 0 Å². The van der Waals surface area contributed by atoms with Gasteiger partial charge in [0.1, 0.15) is 0 Å². The van der Waals surface area contributed by atoms with Crippen LogP contribution >= 0.6 is 0 Å². The minimum atomic E-state index is 0.219. The van der Waals surface area contributed by atoms with Crippen LogP contribution in [0.3, 0.4) is 0 Å². The summed E-state index contributed by atoms with van der Waals surface area (Å²) in [6.45, 7) is 23.8. The third kappa shape index (κ3) is 8.03. The third-order valence-corrected chi connectivity index (χ3v) is 5.96. The zero-order valence-corrected chi connectivity index (χ0v) is 18.0. The maximum atomic E-state index is 11.4. The molecule has 27 heavy (non-hydrogen) atoms. The molecule has 158 valence electrons. The molecule has 3 saturated heterocycles. The van der Waals surface area contributed by atoms with Gasteiger partial charge in [-0.3, -0.25) is 24.4 Å². The number of piperazine rings is 3. The Bertz CT molecular complexity index is 399. The van der Waals surface area contributed by atoms with Crippen LogP contribution in [-0.2, 0) is 4.79 Å². The first-order valence-corrected chi connectivity index (χ1v) is 11.1. The summed E-state index contributed by atoms with van der Waals surface area (Å²) in [6, 6.07) is 0. The summed E-state index contributed by atoms with van der Waals surface area (Å²) >= 11 is 0. The highest BCUT2D eigenvalue weighted by Crippen LogP contribution is 2.05. The molecule has 0 unspecified atom stereocenters. The van der Waals surface area contributed by atoms with Crippen LogP contribution in [0.1, 0.15) is 20.8 Å². The van der Waals surface area contributed by atoms with E-state index < -0.39 is 0 Å². The van der Waals surface area contributed by atoms with Gasteiger partial charge in [0.05, 0.1) is 0 Å². The molecule has 0 aromatic rings. The van der Waals surface area contributed by atoms with Crippen molar-refractivity contribution in [3.63, 3.8) is 0 Å². The number of carbonyl (C=O) groups excluding carboxylic acids is 1. The summed E-state index contributed by atoms with van der Waals surface area (Å²) in [4.78, 5) is 23.7. The molecule has 0 atom stereocenters. The van der Waals surface area contributed by atoms with Crippen LogP contribution in [0.15, 0.2) is 0 Å². The number of rotatable bonds is 6.